The number of quaternary nitrogens is 1. The van der Waals surface area contributed by atoms with Gasteiger partial charge in [-0.2, -0.15) is 16.8 Å². The van der Waals surface area contributed by atoms with Crippen molar-refractivity contribution in [1.82, 2.24) is 16.0 Å². The molecule has 188 valence electrons. The van der Waals surface area contributed by atoms with E-state index < -0.39 is 23.3 Å². The van der Waals surface area contributed by atoms with Crippen LogP contribution in [0.3, 0.4) is 0 Å². The molecule has 1 saturated heterocycles. The molecular weight excluding hydrogens is 472 g/mol. The van der Waals surface area contributed by atoms with E-state index in [4.69, 9.17) is 0 Å². The first-order valence-electron chi connectivity index (χ1n) is 11.8. The van der Waals surface area contributed by atoms with Crippen molar-refractivity contribution < 1.29 is 20.1 Å². The number of nitrogens with zero attached hydrogens (tertiary/aromatic N) is 1. The van der Waals surface area contributed by atoms with Crippen molar-refractivity contribution in [3.8, 4) is 0 Å². The molecule has 0 bridgehead atoms. The zero-order valence-corrected chi connectivity index (χ0v) is 21.7. The fourth-order valence-corrected chi connectivity index (χ4v) is 8.68. The van der Waals surface area contributed by atoms with Gasteiger partial charge in [0.1, 0.15) is 22.9 Å². The van der Waals surface area contributed by atoms with Crippen LogP contribution < -0.4 is 16.0 Å². The van der Waals surface area contributed by atoms with E-state index in [0.717, 1.165) is 37.1 Å². The third-order valence-electron chi connectivity index (χ3n) is 6.21. The van der Waals surface area contributed by atoms with Crippen LogP contribution >= 0.6 is 0 Å². The molecule has 1 fully saturated rings. The standard InChI is InChI=1S/C24H37N4O4S2/c1-21-5-9-23(10-6-21)33(29,30)28(34(31,32)24-11-7-22(2)8-12-24)19-17-26-14-4-3-13-25-15-16-27-18-20-28/h5-12,25-27H,3-4,13-20H2,1-2H3/q+1. The fourth-order valence-electron chi connectivity index (χ4n) is 4.08. The number of nitrogens with one attached hydrogen (secondary N) is 3. The number of aryl methyl sites for hydroxylation is 2. The maximum Gasteiger partial charge on any atom is 0.342 e. The van der Waals surface area contributed by atoms with E-state index in [-0.39, 0.29) is 36.0 Å². The number of rotatable bonds is 4. The van der Waals surface area contributed by atoms with Crippen molar-refractivity contribution in [2.24, 2.45) is 0 Å². The molecule has 0 amide bonds. The van der Waals surface area contributed by atoms with Crippen LogP contribution in [0.4, 0.5) is 0 Å². The molecule has 2 aromatic rings. The minimum Gasteiger partial charge on any atom is -0.315 e. The first-order chi connectivity index (χ1) is 16.2. The van der Waals surface area contributed by atoms with Crippen LogP contribution in [0.1, 0.15) is 24.0 Å². The van der Waals surface area contributed by atoms with Gasteiger partial charge in [-0.05, 0) is 64.0 Å². The van der Waals surface area contributed by atoms with Crippen LogP contribution in [0.5, 0.6) is 0 Å². The zero-order valence-electron chi connectivity index (χ0n) is 20.1. The fraction of sp³-hybridized carbons (Fsp3) is 0.500. The second-order valence-electron chi connectivity index (χ2n) is 8.80. The minimum atomic E-state index is -4.31. The van der Waals surface area contributed by atoms with Gasteiger partial charge in [-0.15, -0.1) is 3.29 Å². The predicted octanol–water partition coefficient (Wildman–Crippen LogP) is 1.76. The van der Waals surface area contributed by atoms with E-state index >= 15 is 0 Å². The molecule has 2 aromatic carbocycles. The summed E-state index contributed by atoms with van der Waals surface area (Å²) in [7, 11) is -8.61. The Morgan fingerprint density at radius 1 is 0.559 bits per heavy atom. The first-order valence-corrected chi connectivity index (χ1v) is 14.7. The van der Waals surface area contributed by atoms with Gasteiger partial charge in [0.2, 0.25) is 0 Å². The molecule has 0 aromatic heterocycles. The zero-order chi connectivity index (χ0) is 24.7. The Balaban J connectivity index is 2.12. The van der Waals surface area contributed by atoms with Crippen molar-refractivity contribution in [3.63, 3.8) is 0 Å². The topological polar surface area (TPSA) is 104 Å². The number of hydrogen-bond donors (Lipinski definition) is 3. The Bertz CT molecular complexity index is 1040. The van der Waals surface area contributed by atoms with Crippen LogP contribution in [-0.2, 0) is 20.0 Å². The summed E-state index contributed by atoms with van der Waals surface area (Å²) in [6.07, 6.45) is 1.92. The maximum absolute atomic E-state index is 14.2. The van der Waals surface area contributed by atoms with E-state index in [9.17, 15) is 16.8 Å². The highest BCUT2D eigenvalue weighted by molar-refractivity contribution is 7.98. The van der Waals surface area contributed by atoms with Gasteiger partial charge >= 0.3 is 20.0 Å². The molecule has 0 atom stereocenters. The van der Waals surface area contributed by atoms with Crippen LogP contribution in [0.25, 0.3) is 0 Å². The average Bonchev–Trinajstić information content (AvgIpc) is 2.80. The predicted molar refractivity (Wildman–Crippen MR) is 135 cm³/mol. The largest absolute Gasteiger partial charge is 0.342 e. The molecule has 3 rings (SSSR count). The normalized spacial score (nSPS) is 19.2. The van der Waals surface area contributed by atoms with Crippen molar-refractivity contribution in [3.05, 3.63) is 59.7 Å². The van der Waals surface area contributed by atoms with E-state index in [1.807, 2.05) is 13.8 Å². The monoisotopic (exact) mass is 509 g/mol. The average molecular weight is 510 g/mol. The Labute approximate surface area is 204 Å². The minimum absolute atomic E-state index is 0.0107. The van der Waals surface area contributed by atoms with Crippen molar-refractivity contribution >= 4 is 20.0 Å². The van der Waals surface area contributed by atoms with Gasteiger partial charge in [0.15, 0.2) is 0 Å². The number of benzene rings is 2. The highest BCUT2D eigenvalue weighted by Crippen LogP contribution is 2.33. The first kappa shape index (κ1) is 26.8. The molecule has 1 aliphatic heterocycles. The second kappa shape index (κ2) is 11.7. The van der Waals surface area contributed by atoms with Crippen LogP contribution in [0.15, 0.2) is 58.3 Å². The summed E-state index contributed by atoms with van der Waals surface area (Å²) in [4.78, 5) is 0.0214. The number of sulfonamides is 2. The molecule has 1 heterocycles. The number of hydrogen-bond acceptors (Lipinski definition) is 7. The molecule has 0 radical (unpaired) electrons. The lowest BCUT2D eigenvalue weighted by atomic mass is 10.2. The lowest BCUT2D eigenvalue weighted by Gasteiger charge is -2.35. The summed E-state index contributed by atoms with van der Waals surface area (Å²) in [5.41, 5.74) is 1.81. The molecule has 8 nitrogen and oxygen atoms in total. The van der Waals surface area contributed by atoms with Crippen molar-refractivity contribution in [2.45, 2.75) is 36.5 Å². The smallest absolute Gasteiger partial charge is 0.315 e. The Kier molecular flexibility index (Phi) is 9.25. The molecular formula is C24H37N4O4S2+. The van der Waals surface area contributed by atoms with Crippen LogP contribution in [0, 0.1) is 13.8 Å². The third kappa shape index (κ3) is 5.87. The van der Waals surface area contributed by atoms with E-state index in [0.29, 0.717) is 13.1 Å². The van der Waals surface area contributed by atoms with Gasteiger partial charge < -0.3 is 16.0 Å². The Hall–Kier alpha value is -1.82. The van der Waals surface area contributed by atoms with Gasteiger partial charge in [-0.3, -0.25) is 0 Å². The summed E-state index contributed by atoms with van der Waals surface area (Å²) in [6.45, 7) is 7.06. The van der Waals surface area contributed by atoms with E-state index in [1.54, 1.807) is 24.3 Å². The molecule has 10 heteroatoms. The van der Waals surface area contributed by atoms with Gasteiger partial charge in [0, 0.05) is 26.2 Å². The molecule has 0 unspecified atom stereocenters. The summed E-state index contributed by atoms with van der Waals surface area (Å²) in [5.74, 6) is 0. The summed E-state index contributed by atoms with van der Waals surface area (Å²) < 4.78 is 55.6. The molecule has 0 aliphatic carbocycles. The van der Waals surface area contributed by atoms with Gasteiger partial charge in [0.05, 0.1) is 0 Å². The van der Waals surface area contributed by atoms with Crippen LogP contribution in [0.2, 0.25) is 0 Å². The summed E-state index contributed by atoms with van der Waals surface area (Å²) in [5, 5.41) is 9.85. The SMILES string of the molecule is Cc1ccc(S(=O)(=O)[N+]2(S(=O)(=O)c3ccc(C)cc3)CCNCCCCNCCNCC2)cc1. The molecule has 0 saturated carbocycles. The second-order valence-corrected chi connectivity index (χ2v) is 13.3. The van der Waals surface area contributed by atoms with Gasteiger partial charge in [-0.25, -0.2) is 0 Å². The van der Waals surface area contributed by atoms with Crippen molar-refractivity contribution in [2.75, 3.05) is 52.4 Å². The Morgan fingerprint density at radius 2 is 0.912 bits per heavy atom. The Morgan fingerprint density at radius 3 is 1.32 bits per heavy atom. The highest BCUT2D eigenvalue weighted by atomic mass is 32.3. The highest BCUT2D eigenvalue weighted by Gasteiger charge is 2.54. The molecule has 0 spiro atoms. The molecule has 34 heavy (non-hydrogen) atoms. The van der Waals surface area contributed by atoms with Gasteiger partial charge in [-0.1, -0.05) is 35.4 Å². The third-order valence-corrected chi connectivity index (χ3v) is 11.6. The summed E-state index contributed by atoms with van der Waals surface area (Å²) in [6, 6.07) is 12.8. The van der Waals surface area contributed by atoms with Gasteiger partial charge in [0.25, 0.3) is 0 Å². The van der Waals surface area contributed by atoms with E-state index in [1.165, 1.54) is 24.3 Å². The lowest BCUT2D eigenvalue weighted by molar-refractivity contribution is -0.670. The van der Waals surface area contributed by atoms with Crippen LogP contribution in [-0.4, -0.2) is 72.5 Å². The van der Waals surface area contributed by atoms with E-state index in [2.05, 4.69) is 16.0 Å². The summed E-state index contributed by atoms with van der Waals surface area (Å²) >= 11 is 0. The maximum atomic E-state index is 14.2. The van der Waals surface area contributed by atoms with Crippen molar-refractivity contribution in [1.29, 1.82) is 0 Å². The quantitative estimate of drug-likeness (QED) is 0.540. The lowest BCUT2D eigenvalue weighted by Crippen LogP contribution is -2.61. The molecule has 3 N–H and O–H groups in total. The molecule has 1 aliphatic rings.